The van der Waals surface area contributed by atoms with Gasteiger partial charge in [0.1, 0.15) is 0 Å². The number of benzene rings is 1. The molecule has 2 aromatic rings. The molecular weight excluding hydrogens is 228 g/mol. The van der Waals surface area contributed by atoms with E-state index in [1.807, 2.05) is 31.2 Å². The van der Waals surface area contributed by atoms with Crippen LogP contribution in [-0.2, 0) is 11.2 Å². The summed E-state index contributed by atoms with van der Waals surface area (Å²) < 4.78 is 0. The van der Waals surface area contributed by atoms with Crippen LogP contribution in [0.1, 0.15) is 17.5 Å². The fraction of sp³-hybridized carbons (Fsp3) is 0.214. The van der Waals surface area contributed by atoms with Crippen LogP contribution in [0.2, 0.25) is 0 Å². The number of rotatable bonds is 4. The van der Waals surface area contributed by atoms with Crippen LogP contribution < -0.4 is 0 Å². The smallest absolute Gasteiger partial charge is 0.303 e. The molecule has 2 rings (SSSR count). The minimum Gasteiger partial charge on any atom is -0.481 e. The van der Waals surface area contributed by atoms with Crippen molar-refractivity contribution in [2.24, 2.45) is 0 Å². The molecule has 0 aliphatic heterocycles. The topological polar surface area (TPSA) is 63.1 Å². The fourth-order valence-electron chi connectivity index (χ4n) is 1.59. The summed E-state index contributed by atoms with van der Waals surface area (Å²) in [7, 11) is 0. The first-order valence-corrected chi connectivity index (χ1v) is 5.75. The van der Waals surface area contributed by atoms with Crippen LogP contribution in [0.25, 0.3) is 11.4 Å². The van der Waals surface area contributed by atoms with E-state index in [1.165, 1.54) is 5.56 Å². The maximum Gasteiger partial charge on any atom is 0.303 e. The highest BCUT2D eigenvalue weighted by atomic mass is 16.4. The maximum absolute atomic E-state index is 10.5. The Labute approximate surface area is 105 Å². The molecule has 0 saturated heterocycles. The van der Waals surface area contributed by atoms with E-state index in [0.29, 0.717) is 12.2 Å². The molecule has 0 unspecified atom stereocenters. The normalized spacial score (nSPS) is 10.3. The van der Waals surface area contributed by atoms with Crippen LogP contribution in [0.5, 0.6) is 0 Å². The van der Waals surface area contributed by atoms with Crippen molar-refractivity contribution in [2.75, 3.05) is 0 Å². The highest BCUT2D eigenvalue weighted by molar-refractivity contribution is 5.67. The van der Waals surface area contributed by atoms with Gasteiger partial charge in [0.2, 0.25) is 0 Å². The summed E-state index contributed by atoms with van der Waals surface area (Å²) in [5, 5.41) is 8.59. The summed E-state index contributed by atoms with van der Waals surface area (Å²) in [6.07, 6.45) is 3.94. The Morgan fingerprint density at radius 2 is 1.78 bits per heavy atom. The number of carbonyl (C=O) groups is 1. The van der Waals surface area contributed by atoms with Crippen LogP contribution in [0.15, 0.2) is 36.7 Å². The Hall–Kier alpha value is -2.23. The molecule has 0 bridgehead atoms. The summed E-state index contributed by atoms with van der Waals surface area (Å²) >= 11 is 0. The lowest BCUT2D eigenvalue weighted by atomic mass is 10.1. The van der Waals surface area contributed by atoms with Gasteiger partial charge in [-0.25, -0.2) is 9.97 Å². The molecule has 4 nitrogen and oxygen atoms in total. The zero-order chi connectivity index (χ0) is 13.0. The summed E-state index contributed by atoms with van der Waals surface area (Å²) in [4.78, 5) is 19.0. The van der Waals surface area contributed by atoms with Gasteiger partial charge in [0.05, 0.1) is 0 Å². The second-order valence-corrected chi connectivity index (χ2v) is 4.17. The number of nitrogens with zero attached hydrogens (tertiary/aromatic N) is 2. The van der Waals surface area contributed by atoms with Crippen molar-refractivity contribution in [1.29, 1.82) is 0 Å². The van der Waals surface area contributed by atoms with E-state index in [2.05, 4.69) is 9.97 Å². The van der Waals surface area contributed by atoms with Gasteiger partial charge < -0.3 is 5.11 Å². The summed E-state index contributed by atoms with van der Waals surface area (Å²) in [5.41, 5.74) is 3.00. The standard InChI is InChI=1S/C14H14N2O2/c1-10-2-5-12(6-3-10)14-15-8-11(9-16-14)4-7-13(17)18/h2-3,5-6,8-9H,4,7H2,1H3,(H,17,18). The summed E-state index contributed by atoms with van der Waals surface area (Å²) in [5.74, 6) is -0.147. The van der Waals surface area contributed by atoms with Gasteiger partial charge in [-0.15, -0.1) is 0 Å². The van der Waals surface area contributed by atoms with Crippen LogP contribution in [0.4, 0.5) is 0 Å². The third-order valence-electron chi connectivity index (χ3n) is 2.64. The zero-order valence-corrected chi connectivity index (χ0v) is 10.1. The number of aromatic nitrogens is 2. The second-order valence-electron chi connectivity index (χ2n) is 4.17. The van der Waals surface area contributed by atoms with Gasteiger partial charge in [-0.3, -0.25) is 4.79 Å². The van der Waals surface area contributed by atoms with Gasteiger partial charge in [0, 0.05) is 24.4 Å². The summed E-state index contributed by atoms with van der Waals surface area (Å²) in [6, 6.07) is 7.97. The fourth-order valence-corrected chi connectivity index (χ4v) is 1.59. The highest BCUT2D eigenvalue weighted by Gasteiger charge is 2.03. The maximum atomic E-state index is 10.5. The van der Waals surface area contributed by atoms with Gasteiger partial charge in [-0.05, 0) is 18.9 Å². The Balaban J connectivity index is 2.12. The molecule has 92 valence electrons. The Kier molecular flexibility index (Phi) is 3.67. The van der Waals surface area contributed by atoms with E-state index < -0.39 is 5.97 Å². The summed E-state index contributed by atoms with van der Waals surface area (Å²) in [6.45, 7) is 2.03. The highest BCUT2D eigenvalue weighted by Crippen LogP contribution is 2.15. The van der Waals surface area contributed by atoms with E-state index in [4.69, 9.17) is 5.11 Å². The monoisotopic (exact) mass is 242 g/mol. The van der Waals surface area contributed by atoms with Crippen molar-refractivity contribution in [2.45, 2.75) is 19.8 Å². The first-order chi connectivity index (χ1) is 8.65. The number of carboxylic acids is 1. The SMILES string of the molecule is Cc1ccc(-c2ncc(CCC(=O)O)cn2)cc1. The molecule has 1 heterocycles. The molecule has 1 aromatic heterocycles. The number of hydrogen-bond donors (Lipinski definition) is 1. The molecule has 18 heavy (non-hydrogen) atoms. The molecule has 0 aliphatic carbocycles. The average Bonchev–Trinajstić information content (AvgIpc) is 2.38. The van der Waals surface area contributed by atoms with Crippen molar-refractivity contribution in [3.8, 4) is 11.4 Å². The second kappa shape index (κ2) is 5.40. The number of hydrogen-bond acceptors (Lipinski definition) is 3. The largest absolute Gasteiger partial charge is 0.481 e. The van der Waals surface area contributed by atoms with Gasteiger partial charge in [-0.2, -0.15) is 0 Å². The van der Waals surface area contributed by atoms with Crippen molar-refractivity contribution in [3.05, 3.63) is 47.8 Å². The van der Waals surface area contributed by atoms with E-state index in [0.717, 1.165) is 11.1 Å². The average molecular weight is 242 g/mol. The van der Waals surface area contributed by atoms with Gasteiger partial charge >= 0.3 is 5.97 Å². The lowest BCUT2D eigenvalue weighted by Gasteiger charge is -2.02. The van der Waals surface area contributed by atoms with Gasteiger partial charge in [0.25, 0.3) is 0 Å². The minimum absolute atomic E-state index is 0.104. The molecule has 0 fully saturated rings. The lowest BCUT2D eigenvalue weighted by molar-refractivity contribution is -0.136. The van der Waals surface area contributed by atoms with E-state index in [9.17, 15) is 4.79 Å². The Bertz CT molecular complexity index is 533. The molecule has 0 spiro atoms. The van der Waals surface area contributed by atoms with Gasteiger partial charge in [-0.1, -0.05) is 29.8 Å². The number of aryl methyl sites for hydroxylation is 2. The third-order valence-corrected chi connectivity index (χ3v) is 2.64. The molecule has 0 saturated carbocycles. The zero-order valence-electron chi connectivity index (χ0n) is 10.1. The molecule has 1 aromatic carbocycles. The van der Waals surface area contributed by atoms with Gasteiger partial charge in [0.15, 0.2) is 5.82 Å². The molecule has 0 atom stereocenters. The van der Waals surface area contributed by atoms with Crippen molar-refractivity contribution < 1.29 is 9.90 Å². The number of carboxylic acid groups (broad SMARTS) is 1. The predicted molar refractivity (Wildman–Crippen MR) is 68.2 cm³/mol. The molecule has 4 heteroatoms. The molecule has 0 aliphatic rings. The third kappa shape index (κ3) is 3.13. The lowest BCUT2D eigenvalue weighted by Crippen LogP contribution is -1.99. The van der Waals surface area contributed by atoms with Crippen LogP contribution in [0, 0.1) is 6.92 Å². The number of aliphatic carboxylic acids is 1. The van der Waals surface area contributed by atoms with Crippen LogP contribution in [0.3, 0.4) is 0 Å². The van der Waals surface area contributed by atoms with Crippen molar-refractivity contribution >= 4 is 5.97 Å². The molecule has 1 N–H and O–H groups in total. The van der Waals surface area contributed by atoms with E-state index in [-0.39, 0.29) is 6.42 Å². The van der Waals surface area contributed by atoms with E-state index >= 15 is 0 Å². The quantitative estimate of drug-likeness (QED) is 0.894. The van der Waals surface area contributed by atoms with Crippen LogP contribution in [-0.4, -0.2) is 21.0 Å². The molecular formula is C14H14N2O2. The van der Waals surface area contributed by atoms with Crippen molar-refractivity contribution in [3.63, 3.8) is 0 Å². The Morgan fingerprint density at radius 1 is 1.17 bits per heavy atom. The van der Waals surface area contributed by atoms with Crippen molar-refractivity contribution in [1.82, 2.24) is 9.97 Å². The predicted octanol–water partition coefficient (Wildman–Crippen LogP) is 2.47. The van der Waals surface area contributed by atoms with E-state index in [1.54, 1.807) is 12.4 Å². The molecule has 0 amide bonds. The van der Waals surface area contributed by atoms with Crippen LogP contribution >= 0.6 is 0 Å². The minimum atomic E-state index is -0.808. The Morgan fingerprint density at radius 3 is 2.33 bits per heavy atom. The first-order valence-electron chi connectivity index (χ1n) is 5.75. The first kappa shape index (κ1) is 12.2. The molecule has 0 radical (unpaired) electrons.